The van der Waals surface area contributed by atoms with Gasteiger partial charge in [0.05, 0.1) is 0 Å². The van der Waals surface area contributed by atoms with Gasteiger partial charge in [-0.25, -0.2) is 9.78 Å². The summed E-state index contributed by atoms with van der Waals surface area (Å²) in [5.74, 6) is 0.704. The maximum absolute atomic E-state index is 12.2. The Hall–Kier alpha value is -1.33. The van der Waals surface area contributed by atoms with E-state index < -0.39 is 0 Å². The molecule has 1 heterocycles. The smallest absolute Gasteiger partial charge is 0.325 e. The zero-order valence-corrected chi connectivity index (χ0v) is 13.1. The van der Waals surface area contributed by atoms with E-state index >= 15 is 0 Å². The minimum Gasteiger partial charge on any atom is -0.330 e. The summed E-state index contributed by atoms with van der Waals surface area (Å²) in [5.41, 5.74) is 0.911. The molecule has 0 aliphatic carbocycles. The van der Waals surface area contributed by atoms with Crippen LogP contribution in [0.2, 0.25) is 0 Å². The van der Waals surface area contributed by atoms with Gasteiger partial charge in [-0.2, -0.15) is 0 Å². The Kier molecular flexibility index (Phi) is 7.41. The number of hydrogen-bond acceptors (Lipinski definition) is 3. The molecule has 1 aromatic rings. The second-order valence-corrected chi connectivity index (χ2v) is 4.77. The van der Waals surface area contributed by atoms with E-state index in [1.54, 1.807) is 23.9 Å². The maximum atomic E-state index is 12.2. The number of aromatic nitrogens is 1. The van der Waals surface area contributed by atoms with E-state index in [1.165, 1.54) is 0 Å². The number of pyridine rings is 1. The van der Waals surface area contributed by atoms with Gasteiger partial charge in [-0.3, -0.25) is 4.90 Å². The van der Waals surface area contributed by atoms with Crippen molar-refractivity contribution >= 4 is 24.3 Å². The van der Waals surface area contributed by atoms with Crippen molar-refractivity contribution < 1.29 is 4.79 Å². The quantitative estimate of drug-likeness (QED) is 0.848. The number of hydrogen-bond donors (Lipinski definition) is 0. The van der Waals surface area contributed by atoms with Crippen LogP contribution in [-0.4, -0.2) is 62.1 Å². The molecule has 5 nitrogen and oxygen atoms in total. The van der Waals surface area contributed by atoms with Crippen LogP contribution in [0.4, 0.5) is 10.6 Å². The number of carbonyl (C=O) groups excluding carboxylic acids is 1. The molecule has 0 aliphatic heterocycles. The molecule has 0 saturated carbocycles. The summed E-state index contributed by atoms with van der Waals surface area (Å²) >= 11 is 0. The molecule has 0 atom stereocenters. The Morgan fingerprint density at radius 1 is 1.16 bits per heavy atom. The lowest BCUT2D eigenvalue weighted by Crippen LogP contribution is -2.43. The van der Waals surface area contributed by atoms with E-state index in [1.807, 2.05) is 44.1 Å². The summed E-state index contributed by atoms with van der Waals surface area (Å²) in [7, 11) is 7.48. The summed E-state index contributed by atoms with van der Waals surface area (Å²) in [5, 5.41) is 0. The maximum Gasteiger partial charge on any atom is 0.325 e. The number of amides is 2. The summed E-state index contributed by atoms with van der Waals surface area (Å²) in [6.45, 7) is 3.35. The van der Waals surface area contributed by atoms with Gasteiger partial charge in [-0.15, -0.1) is 12.4 Å². The molecule has 1 rings (SSSR count). The number of nitrogens with zero attached hydrogens (tertiary/aromatic N) is 4. The minimum atomic E-state index is -0.0463. The molecule has 0 aromatic carbocycles. The zero-order chi connectivity index (χ0) is 13.7. The molecule has 1 aromatic heterocycles. The summed E-state index contributed by atoms with van der Waals surface area (Å²) in [4.78, 5) is 21.9. The highest BCUT2D eigenvalue weighted by molar-refractivity contribution is 5.90. The van der Waals surface area contributed by atoms with Gasteiger partial charge in [-0.05, 0) is 33.2 Å². The standard InChI is InChI=1S/C13H22N4O.ClH/c1-11-7-6-8-12(14-11)17(10-9-15(2)3)13(18)16(4)5;/h6-8H,9-10H2,1-5H3;1H. The Morgan fingerprint density at radius 3 is 2.26 bits per heavy atom. The predicted molar refractivity (Wildman–Crippen MR) is 81.2 cm³/mol. The first-order chi connectivity index (χ1) is 8.41. The van der Waals surface area contributed by atoms with Crippen molar-refractivity contribution in [3.8, 4) is 0 Å². The van der Waals surface area contributed by atoms with Crippen LogP contribution >= 0.6 is 12.4 Å². The van der Waals surface area contributed by atoms with Gasteiger partial charge in [-0.1, -0.05) is 6.07 Å². The molecule has 0 radical (unpaired) electrons. The second kappa shape index (κ2) is 7.96. The fourth-order valence-electron chi connectivity index (χ4n) is 1.53. The second-order valence-electron chi connectivity index (χ2n) is 4.77. The van der Waals surface area contributed by atoms with Crippen molar-refractivity contribution in [2.24, 2.45) is 0 Å². The molecule has 0 unspecified atom stereocenters. The SMILES string of the molecule is Cc1cccc(N(CCN(C)C)C(=O)N(C)C)n1.Cl. The fraction of sp³-hybridized carbons (Fsp3) is 0.538. The summed E-state index contributed by atoms with van der Waals surface area (Å²) in [6, 6.07) is 5.66. The number of anilines is 1. The van der Waals surface area contributed by atoms with Crippen LogP contribution in [0.15, 0.2) is 18.2 Å². The van der Waals surface area contributed by atoms with Crippen molar-refractivity contribution in [2.45, 2.75) is 6.92 Å². The van der Waals surface area contributed by atoms with Gasteiger partial charge >= 0.3 is 6.03 Å². The predicted octanol–water partition coefficient (Wildman–Crippen LogP) is 1.86. The Morgan fingerprint density at radius 2 is 1.79 bits per heavy atom. The van der Waals surface area contributed by atoms with E-state index in [0.29, 0.717) is 12.4 Å². The van der Waals surface area contributed by atoms with Crippen molar-refractivity contribution in [1.29, 1.82) is 0 Å². The molecule has 0 bridgehead atoms. The highest BCUT2D eigenvalue weighted by Crippen LogP contribution is 2.12. The van der Waals surface area contributed by atoms with Crippen molar-refractivity contribution in [2.75, 3.05) is 46.2 Å². The number of halogens is 1. The zero-order valence-electron chi connectivity index (χ0n) is 12.3. The molecule has 19 heavy (non-hydrogen) atoms. The number of carbonyl (C=O) groups is 1. The molecule has 0 aliphatic rings. The van der Waals surface area contributed by atoms with Gasteiger partial charge in [0.1, 0.15) is 5.82 Å². The Labute approximate surface area is 121 Å². The lowest BCUT2D eigenvalue weighted by molar-refractivity contribution is 0.222. The van der Waals surface area contributed by atoms with Gasteiger partial charge in [0.2, 0.25) is 0 Å². The topological polar surface area (TPSA) is 39.7 Å². The molecule has 6 heteroatoms. The third-order valence-electron chi connectivity index (χ3n) is 2.53. The lowest BCUT2D eigenvalue weighted by Gasteiger charge is -2.26. The molecule has 0 saturated heterocycles. The first kappa shape index (κ1) is 17.7. The highest BCUT2D eigenvalue weighted by Gasteiger charge is 2.18. The number of likely N-dealkylation sites (N-methyl/N-ethyl adjacent to an activating group) is 1. The molecular formula is C13H23ClN4O. The number of urea groups is 1. The number of aryl methyl sites for hydroxylation is 1. The minimum absolute atomic E-state index is 0. The van der Waals surface area contributed by atoms with Crippen LogP contribution in [0.1, 0.15) is 5.69 Å². The van der Waals surface area contributed by atoms with Gasteiger partial charge in [0, 0.05) is 32.9 Å². The molecule has 2 amide bonds. The molecule has 0 spiro atoms. The first-order valence-electron chi connectivity index (χ1n) is 5.99. The Balaban J connectivity index is 0.00000324. The average Bonchev–Trinajstić information content (AvgIpc) is 2.28. The van der Waals surface area contributed by atoms with Gasteiger partial charge in [0.15, 0.2) is 0 Å². The van der Waals surface area contributed by atoms with Crippen molar-refractivity contribution in [1.82, 2.24) is 14.8 Å². The van der Waals surface area contributed by atoms with E-state index in [9.17, 15) is 4.79 Å². The van der Waals surface area contributed by atoms with Crippen molar-refractivity contribution in [3.63, 3.8) is 0 Å². The summed E-state index contributed by atoms with van der Waals surface area (Å²) < 4.78 is 0. The van der Waals surface area contributed by atoms with Gasteiger partial charge in [0.25, 0.3) is 0 Å². The average molecular weight is 287 g/mol. The van der Waals surface area contributed by atoms with E-state index in [-0.39, 0.29) is 18.4 Å². The van der Waals surface area contributed by atoms with Crippen LogP contribution < -0.4 is 4.90 Å². The largest absolute Gasteiger partial charge is 0.330 e. The van der Waals surface area contributed by atoms with Crippen LogP contribution in [0, 0.1) is 6.92 Å². The third-order valence-corrected chi connectivity index (χ3v) is 2.53. The van der Waals surface area contributed by atoms with E-state index in [4.69, 9.17) is 0 Å². The summed E-state index contributed by atoms with van der Waals surface area (Å²) in [6.07, 6.45) is 0. The van der Waals surface area contributed by atoms with Crippen LogP contribution in [0.5, 0.6) is 0 Å². The monoisotopic (exact) mass is 286 g/mol. The fourth-order valence-corrected chi connectivity index (χ4v) is 1.53. The third kappa shape index (κ3) is 5.44. The molecule has 0 fully saturated rings. The highest BCUT2D eigenvalue weighted by atomic mass is 35.5. The molecule has 108 valence electrons. The van der Waals surface area contributed by atoms with Gasteiger partial charge < -0.3 is 9.80 Å². The van der Waals surface area contributed by atoms with Crippen LogP contribution in [0.25, 0.3) is 0 Å². The first-order valence-corrected chi connectivity index (χ1v) is 5.99. The molecule has 0 N–H and O–H groups in total. The molecular weight excluding hydrogens is 264 g/mol. The lowest BCUT2D eigenvalue weighted by atomic mass is 10.3. The van der Waals surface area contributed by atoms with Crippen molar-refractivity contribution in [3.05, 3.63) is 23.9 Å². The Bertz CT molecular complexity index is 409. The van der Waals surface area contributed by atoms with Crippen LogP contribution in [-0.2, 0) is 0 Å². The normalized spacial score (nSPS) is 10.0. The van der Waals surface area contributed by atoms with E-state index in [0.717, 1.165) is 12.2 Å². The number of rotatable bonds is 4. The van der Waals surface area contributed by atoms with Crippen LogP contribution in [0.3, 0.4) is 0 Å². The van der Waals surface area contributed by atoms with E-state index in [2.05, 4.69) is 4.98 Å².